The molecular formula is C19H10I2N4O4S. The summed E-state index contributed by atoms with van der Waals surface area (Å²) in [5.41, 5.74) is 0.876. The predicted octanol–water partition coefficient (Wildman–Crippen LogP) is 5.18. The molecule has 8 nitrogen and oxygen atoms in total. The van der Waals surface area contributed by atoms with E-state index in [9.17, 15) is 25.3 Å². The van der Waals surface area contributed by atoms with Crippen LogP contribution >= 0.6 is 56.5 Å². The second-order valence-corrected chi connectivity index (χ2v) is 9.22. The number of halogens is 2. The van der Waals surface area contributed by atoms with Crippen LogP contribution < -0.4 is 5.32 Å². The average molecular weight is 644 g/mol. The van der Waals surface area contributed by atoms with Crippen molar-refractivity contribution in [3.05, 3.63) is 71.0 Å². The van der Waals surface area contributed by atoms with Crippen LogP contribution in [0.15, 0.2) is 48.2 Å². The number of nitro groups is 1. The lowest BCUT2D eigenvalue weighted by Gasteiger charge is -2.05. The Morgan fingerprint density at radius 2 is 2.00 bits per heavy atom. The number of aromatic hydroxyl groups is 1. The van der Waals surface area contributed by atoms with Gasteiger partial charge in [0.25, 0.3) is 11.6 Å². The van der Waals surface area contributed by atoms with Crippen molar-refractivity contribution in [2.24, 2.45) is 0 Å². The van der Waals surface area contributed by atoms with Gasteiger partial charge in [-0.25, -0.2) is 4.98 Å². The van der Waals surface area contributed by atoms with Crippen molar-refractivity contribution in [2.45, 2.75) is 0 Å². The quantitative estimate of drug-likeness (QED) is 0.130. The number of aromatic nitrogens is 1. The zero-order valence-corrected chi connectivity index (χ0v) is 19.9. The number of hydrogen-bond acceptors (Lipinski definition) is 7. The molecule has 3 rings (SSSR count). The monoisotopic (exact) mass is 644 g/mol. The summed E-state index contributed by atoms with van der Waals surface area (Å²) in [6.07, 6.45) is 2.85. The molecule has 0 aliphatic heterocycles. The number of nitro benzene ring substituents is 1. The first-order valence-corrected chi connectivity index (χ1v) is 11.1. The van der Waals surface area contributed by atoms with Crippen molar-refractivity contribution >= 4 is 79.3 Å². The second kappa shape index (κ2) is 9.49. The van der Waals surface area contributed by atoms with Crippen LogP contribution in [0.5, 0.6) is 5.75 Å². The van der Waals surface area contributed by atoms with E-state index in [1.165, 1.54) is 35.7 Å². The van der Waals surface area contributed by atoms with Gasteiger partial charge in [0.1, 0.15) is 17.4 Å². The molecule has 0 saturated heterocycles. The van der Waals surface area contributed by atoms with Crippen LogP contribution in [0.1, 0.15) is 5.56 Å². The van der Waals surface area contributed by atoms with Gasteiger partial charge in [0.15, 0.2) is 5.13 Å². The number of amides is 1. The van der Waals surface area contributed by atoms with Crippen molar-refractivity contribution in [3.63, 3.8) is 0 Å². The van der Waals surface area contributed by atoms with Gasteiger partial charge in [-0.2, -0.15) is 5.26 Å². The third kappa shape index (κ3) is 5.12. The van der Waals surface area contributed by atoms with E-state index in [1.54, 1.807) is 24.3 Å². The van der Waals surface area contributed by atoms with Gasteiger partial charge in [0.05, 0.1) is 13.4 Å². The highest BCUT2D eigenvalue weighted by Gasteiger charge is 2.15. The highest BCUT2D eigenvalue weighted by Crippen LogP contribution is 2.31. The number of nitrogens with zero attached hydrogens (tertiary/aromatic N) is 3. The van der Waals surface area contributed by atoms with Gasteiger partial charge in [0, 0.05) is 27.5 Å². The van der Waals surface area contributed by atoms with E-state index in [0.717, 1.165) is 3.57 Å². The number of rotatable bonds is 5. The highest BCUT2D eigenvalue weighted by molar-refractivity contribution is 14.1. The Morgan fingerprint density at radius 3 is 2.63 bits per heavy atom. The summed E-state index contributed by atoms with van der Waals surface area (Å²) in [6.45, 7) is 0. The van der Waals surface area contributed by atoms with Gasteiger partial charge in [-0.3, -0.25) is 20.2 Å². The predicted molar refractivity (Wildman–Crippen MR) is 130 cm³/mol. The first-order chi connectivity index (χ1) is 14.3. The number of benzene rings is 2. The minimum absolute atomic E-state index is 0.00808. The molecule has 1 aromatic heterocycles. The van der Waals surface area contributed by atoms with E-state index >= 15 is 0 Å². The van der Waals surface area contributed by atoms with Crippen molar-refractivity contribution < 1.29 is 14.8 Å². The van der Waals surface area contributed by atoms with Crippen molar-refractivity contribution in [1.82, 2.24) is 4.98 Å². The number of phenols is 1. The fourth-order valence-corrected chi connectivity index (χ4v) is 5.08. The Kier molecular flexibility index (Phi) is 7.00. The van der Waals surface area contributed by atoms with E-state index < -0.39 is 10.8 Å². The summed E-state index contributed by atoms with van der Waals surface area (Å²) >= 11 is 5.22. The van der Waals surface area contributed by atoms with Gasteiger partial charge in [0.2, 0.25) is 0 Å². The Hall–Kier alpha value is -2.57. The summed E-state index contributed by atoms with van der Waals surface area (Å²) in [5, 5.41) is 33.2. The normalized spacial score (nSPS) is 11.0. The largest absolute Gasteiger partial charge is 0.506 e. The van der Waals surface area contributed by atoms with Crippen LogP contribution in [0.2, 0.25) is 0 Å². The van der Waals surface area contributed by atoms with E-state index in [0.29, 0.717) is 19.6 Å². The molecule has 2 N–H and O–H groups in total. The minimum atomic E-state index is -0.657. The molecule has 0 atom stereocenters. The number of anilines is 1. The van der Waals surface area contributed by atoms with Gasteiger partial charge < -0.3 is 5.11 Å². The third-order valence-corrected chi connectivity index (χ3v) is 6.22. The van der Waals surface area contributed by atoms with E-state index in [1.807, 2.05) is 28.7 Å². The molecular weight excluding hydrogens is 634 g/mol. The van der Waals surface area contributed by atoms with Crippen LogP contribution in [-0.4, -0.2) is 20.9 Å². The number of carbonyl (C=O) groups excluding carboxylic acids is 1. The van der Waals surface area contributed by atoms with Crippen LogP contribution in [0.3, 0.4) is 0 Å². The van der Waals surface area contributed by atoms with Gasteiger partial charge in [-0.05, 0) is 81.1 Å². The number of nitrogens with one attached hydrogen (secondary N) is 1. The number of thiazole rings is 1. The van der Waals surface area contributed by atoms with E-state index in [4.69, 9.17) is 0 Å². The summed E-state index contributed by atoms with van der Waals surface area (Å²) < 4.78 is 1.46. The molecule has 150 valence electrons. The Bertz CT molecular complexity index is 1220. The zero-order chi connectivity index (χ0) is 21.8. The van der Waals surface area contributed by atoms with Crippen molar-refractivity contribution in [1.29, 1.82) is 5.26 Å². The summed E-state index contributed by atoms with van der Waals surface area (Å²) in [4.78, 5) is 27.6. The summed E-state index contributed by atoms with van der Waals surface area (Å²) in [7, 11) is 0. The van der Waals surface area contributed by atoms with Gasteiger partial charge >= 0.3 is 0 Å². The van der Waals surface area contributed by atoms with Crippen LogP contribution in [-0.2, 0) is 4.79 Å². The second-order valence-electron chi connectivity index (χ2n) is 5.78. The lowest BCUT2D eigenvalue weighted by Crippen LogP contribution is -2.13. The lowest BCUT2D eigenvalue weighted by molar-refractivity contribution is -0.384. The fourth-order valence-electron chi connectivity index (χ4n) is 2.38. The van der Waals surface area contributed by atoms with Crippen molar-refractivity contribution in [3.8, 4) is 22.3 Å². The molecule has 0 saturated carbocycles. The van der Waals surface area contributed by atoms with Gasteiger partial charge in [-0.1, -0.05) is 11.3 Å². The van der Waals surface area contributed by atoms with Crippen molar-refractivity contribution in [2.75, 3.05) is 5.32 Å². The fraction of sp³-hybridized carbons (Fsp3) is 0. The Balaban J connectivity index is 1.80. The molecule has 2 aromatic carbocycles. The number of non-ortho nitro benzene ring substituents is 1. The topological polar surface area (TPSA) is 129 Å². The molecule has 0 radical (unpaired) electrons. The molecule has 11 heteroatoms. The van der Waals surface area contributed by atoms with Crippen LogP contribution in [0.4, 0.5) is 10.8 Å². The molecule has 1 amide bonds. The molecule has 0 spiro atoms. The average Bonchev–Trinajstić information content (AvgIpc) is 3.17. The Labute approximate surface area is 201 Å². The number of phenolic OH excluding ortho intramolecular Hbond substituents is 1. The molecule has 0 bridgehead atoms. The number of carbonyl (C=O) groups is 1. The maximum Gasteiger partial charge on any atom is 0.269 e. The molecule has 3 aromatic rings. The molecule has 30 heavy (non-hydrogen) atoms. The number of hydrogen-bond donors (Lipinski definition) is 2. The first kappa shape index (κ1) is 22.1. The third-order valence-electron chi connectivity index (χ3n) is 3.81. The first-order valence-electron chi connectivity index (χ1n) is 8.10. The highest BCUT2D eigenvalue weighted by atomic mass is 127. The zero-order valence-electron chi connectivity index (χ0n) is 14.8. The maximum absolute atomic E-state index is 12.5. The summed E-state index contributed by atoms with van der Waals surface area (Å²) in [5.74, 6) is -0.665. The molecule has 0 aliphatic rings. The smallest absolute Gasteiger partial charge is 0.269 e. The van der Waals surface area contributed by atoms with Gasteiger partial charge in [-0.15, -0.1) is 0 Å². The summed E-state index contributed by atoms with van der Waals surface area (Å²) in [6, 6.07) is 11.2. The van der Waals surface area contributed by atoms with E-state index in [2.05, 4.69) is 32.9 Å². The number of nitriles is 1. The maximum atomic E-state index is 12.5. The lowest BCUT2D eigenvalue weighted by atomic mass is 10.1. The molecule has 0 fully saturated rings. The standard InChI is InChI=1S/C19H10I2N4O4S/c20-13-6-11(17(26)15(21)7-13)5-12(8-22)18(27)24-19-23-9-16(30-19)10-1-3-14(4-2-10)25(28)29/h1-7,9,26H,(H,23,24,27). The van der Waals surface area contributed by atoms with Crippen LogP contribution in [0.25, 0.3) is 16.5 Å². The minimum Gasteiger partial charge on any atom is -0.506 e. The van der Waals surface area contributed by atoms with E-state index in [-0.39, 0.29) is 22.1 Å². The molecule has 0 unspecified atom stereocenters. The Morgan fingerprint density at radius 1 is 1.30 bits per heavy atom. The molecule has 1 heterocycles. The van der Waals surface area contributed by atoms with Crippen LogP contribution in [0, 0.1) is 28.6 Å². The molecule has 0 aliphatic carbocycles. The SMILES string of the molecule is N#CC(=Cc1cc(I)cc(I)c1O)C(=O)Nc1ncc(-c2ccc([N+](=O)[O-])cc2)s1.